The van der Waals surface area contributed by atoms with Crippen LogP contribution in [0.4, 0.5) is 10.5 Å². The summed E-state index contributed by atoms with van der Waals surface area (Å²) in [4.78, 5) is 29.7. The molecule has 0 aliphatic carbocycles. The van der Waals surface area contributed by atoms with Crippen molar-refractivity contribution in [3.63, 3.8) is 0 Å². The van der Waals surface area contributed by atoms with Crippen molar-refractivity contribution >= 4 is 17.7 Å². The van der Waals surface area contributed by atoms with Gasteiger partial charge < -0.3 is 9.47 Å². The van der Waals surface area contributed by atoms with E-state index in [4.69, 9.17) is 9.47 Å². The van der Waals surface area contributed by atoms with Gasteiger partial charge in [-0.2, -0.15) is 0 Å². The molecule has 3 aliphatic heterocycles. The Balaban J connectivity index is 1.47. The van der Waals surface area contributed by atoms with E-state index in [9.17, 15) is 9.59 Å². The van der Waals surface area contributed by atoms with Crippen LogP contribution in [0.1, 0.15) is 5.56 Å². The Morgan fingerprint density at radius 1 is 0.812 bits per heavy atom. The van der Waals surface area contributed by atoms with Crippen LogP contribution in [-0.4, -0.2) is 35.3 Å². The Morgan fingerprint density at radius 3 is 2.12 bits per heavy atom. The van der Waals surface area contributed by atoms with Crippen molar-refractivity contribution in [1.29, 1.82) is 0 Å². The fourth-order valence-corrected chi connectivity index (χ4v) is 4.92. The van der Waals surface area contributed by atoms with E-state index in [2.05, 4.69) is 0 Å². The predicted molar refractivity (Wildman–Crippen MR) is 118 cm³/mol. The first-order chi connectivity index (χ1) is 15.7. The number of fused-ring (bicyclic) bond motifs is 3. The van der Waals surface area contributed by atoms with Gasteiger partial charge in [-0.15, -0.1) is 0 Å². The van der Waals surface area contributed by atoms with E-state index >= 15 is 0 Å². The molecule has 0 bridgehead atoms. The highest BCUT2D eigenvalue weighted by molar-refractivity contribution is 5.97. The Morgan fingerprint density at radius 2 is 1.44 bits per heavy atom. The molecule has 3 heterocycles. The summed E-state index contributed by atoms with van der Waals surface area (Å²) >= 11 is 0. The van der Waals surface area contributed by atoms with E-state index in [0.717, 1.165) is 5.56 Å². The number of rotatable bonds is 4. The number of benzene rings is 3. The lowest BCUT2D eigenvalue weighted by Crippen LogP contribution is -2.79. The number of para-hydroxylation sites is 2. The van der Waals surface area contributed by atoms with Gasteiger partial charge in [0, 0.05) is 5.69 Å². The van der Waals surface area contributed by atoms with Gasteiger partial charge in [0.15, 0.2) is 12.3 Å². The molecule has 0 spiro atoms. The van der Waals surface area contributed by atoms with Crippen LogP contribution in [0.15, 0.2) is 103 Å². The van der Waals surface area contributed by atoms with Crippen molar-refractivity contribution in [3.8, 4) is 5.75 Å². The molecule has 0 saturated carbocycles. The minimum Gasteiger partial charge on any atom is -0.477 e. The molecule has 0 aromatic heterocycles. The van der Waals surface area contributed by atoms with Crippen LogP contribution in [0.25, 0.3) is 0 Å². The molecule has 3 aromatic rings. The summed E-state index contributed by atoms with van der Waals surface area (Å²) in [6, 6.07) is 28.4. The molecule has 6 heteroatoms. The van der Waals surface area contributed by atoms with Crippen LogP contribution in [0, 0.1) is 0 Å². The first-order valence-corrected chi connectivity index (χ1v) is 10.5. The maximum Gasteiger partial charge on any atom is 0.416 e. The van der Waals surface area contributed by atoms with Gasteiger partial charge in [-0.05, 0) is 35.9 Å². The van der Waals surface area contributed by atoms with Gasteiger partial charge in [-0.3, -0.25) is 14.6 Å². The van der Waals surface area contributed by atoms with Crippen molar-refractivity contribution in [2.24, 2.45) is 0 Å². The van der Waals surface area contributed by atoms with E-state index in [0.29, 0.717) is 11.4 Å². The summed E-state index contributed by atoms with van der Waals surface area (Å²) in [5.41, 5.74) is 0.751. The zero-order valence-corrected chi connectivity index (χ0v) is 17.1. The third kappa shape index (κ3) is 2.52. The molecule has 32 heavy (non-hydrogen) atoms. The molecule has 3 aromatic carbocycles. The zero-order valence-electron chi connectivity index (χ0n) is 17.1. The number of anilines is 1. The van der Waals surface area contributed by atoms with Gasteiger partial charge in [0.2, 0.25) is 6.10 Å². The van der Waals surface area contributed by atoms with Crippen molar-refractivity contribution in [2.45, 2.75) is 23.9 Å². The lowest BCUT2D eigenvalue weighted by Gasteiger charge is -2.60. The summed E-state index contributed by atoms with van der Waals surface area (Å²) < 4.78 is 11.9. The van der Waals surface area contributed by atoms with E-state index in [1.165, 1.54) is 0 Å². The minimum absolute atomic E-state index is 0.184. The number of β-lactam (4-membered cyclic amide) rings is 1. The topological polar surface area (TPSA) is 59.1 Å². The van der Waals surface area contributed by atoms with Crippen LogP contribution >= 0.6 is 0 Å². The third-order valence-electron chi connectivity index (χ3n) is 6.32. The minimum atomic E-state index is -0.851. The molecule has 2 saturated heterocycles. The lowest BCUT2D eigenvalue weighted by molar-refractivity contribution is -0.185. The van der Waals surface area contributed by atoms with Gasteiger partial charge in [0.05, 0.1) is 0 Å². The summed E-state index contributed by atoms with van der Waals surface area (Å²) in [6.07, 6.45) is 1.44. The molecule has 0 radical (unpaired) electrons. The number of hydrogen-bond donors (Lipinski definition) is 0. The summed E-state index contributed by atoms with van der Waals surface area (Å²) in [5.74, 6) is 0.436. The second kappa shape index (κ2) is 6.99. The van der Waals surface area contributed by atoms with E-state index < -0.39 is 30.0 Å². The Hall–Kier alpha value is -4.06. The van der Waals surface area contributed by atoms with E-state index in [-0.39, 0.29) is 5.91 Å². The number of hydrogen-bond acceptors (Lipinski definition) is 4. The number of amides is 2. The molecule has 6 nitrogen and oxygen atoms in total. The standard InChI is InChI=1S/C26H20N2O4/c29-24-22(31-20-14-8-3-9-15-20)26(18-10-4-1-5-11-18)17-16-21-23(28(24)26)27(25(30)32-21)19-12-6-2-7-13-19/h1-17,21-23H/t21-,22-,23+,26-/m0/s1. The molecular formula is C26H20N2O4. The van der Waals surface area contributed by atoms with Gasteiger partial charge in [0.1, 0.15) is 11.3 Å². The largest absolute Gasteiger partial charge is 0.477 e. The number of carbonyl (C=O) groups is 2. The maximum absolute atomic E-state index is 13.6. The predicted octanol–water partition coefficient (Wildman–Crippen LogP) is 4.09. The SMILES string of the molecule is O=C1O[C@H]2C=C[C@]3(c4ccccc4)[C@@H](Oc4ccccc4)C(=O)N3[C@H]2N1c1ccccc1. The van der Waals surface area contributed by atoms with Crippen molar-refractivity contribution < 1.29 is 19.1 Å². The Bertz CT molecular complexity index is 1200. The zero-order chi connectivity index (χ0) is 21.7. The Kier molecular flexibility index (Phi) is 4.08. The highest BCUT2D eigenvalue weighted by Crippen LogP contribution is 2.51. The summed E-state index contributed by atoms with van der Waals surface area (Å²) in [5, 5.41) is 0. The van der Waals surface area contributed by atoms with Gasteiger partial charge >= 0.3 is 6.09 Å². The van der Waals surface area contributed by atoms with Crippen LogP contribution in [0.3, 0.4) is 0 Å². The quantitative estimate of drug-likeness (QED) is 0.468. The molecule has 3 aliphatic rings. The third-order valence-corrected chi connectivity index (χ3v) is 6.32. The molecule has 0 unspecified atom stereocenters. The first-order valence-electron chi connectivity index (χ1n) is 10.5. The second-order valence-electron chi connectivity index (χ2n) is 8.04. The smallest absolute Gasteiger partial charge is 0.416 e. The fourth-order valence-electron chi connectivity index (χ4n) is 4.92. The van der Waals surface area contributed by atoms with E-state index in [1.54, 1.807) is 9.80 Å². The number of carbonyl (C=O) groups excluding carboxylic acids is 2. The fraction of sp³-hybridized carbons (Fsp3) is 0.154. The monoisotopic (exact) mass is 424 g/mol. The molecular weight excluding hydrogens is 404 g/mol. The molecule has 2 amide bonds. The van der Waals surface area contributed by atoms with Crippen LogP contribution in [0.2, 0.25) is 0 Å². The second-order valence-corrected chi connectivity index (χ2v) is 8.04. The molecule has 0 N–H and O–H groups in total. The molecule has 6 rings (SSSR count). The average molecular weight is 424 g/mol. The van der Waals surface area contributed by atoms with Gasteiger partial charge in [-0.1, -0.05) is 72.8 Å². The van der Waals surface area contributed by atoms with Gasteiger partial charge in [-0.25, -0.2) is 4.79 Å². The normalized spacial score (nSPS) is 27.9. The van der Waals surface area contributed by atoms with Gasteiger partial charge in [0.25, 0.3) is 5.91 Å². The van der Waals surface area contributed by atoms with E-state index in [1.807, 2.05) is 103 Å². The first kappa shape index (κ1) is 18.7. The summed E-state index contributed by atoms with van der Waals surface area (Å²) in [7, 11) is 0. The molecule has 2 fully saturated rings. The maximum atomic E-state index is 13.6. The molecule has 4 atom stereocenters. The highest BCUT2D eigenvalue weighted by Gasteiger charge is 2.69. The number of nitrogens with zero attached hydrogens (tertiary/aromatic N) is 2. The van der Waals surface area contributed by atoms with Crippen molar-refractivity contribution in [3.05, 3.63) is 109 Å². The summed E-state index contributed by atoms with van der Waals surface area (Å²) in [6.45, 7) is 0. The van der Waals surface area contributed by atoms with Crippen molar-refractivity contribution in [1.82, 2.24) is 4.90 Å². The lowest BCUT2D eigenvalue weighted by atomic mass is 9.71. The highest BCUT2D eigenvalue weighted by atomic mass is 16.6. The average Bonchev–Trinajstić information content (AvgIpc) is 3.18. The van der Waals surface area contributed by atoms with Crippen molar-refractivity contribution in [2.75, 3.05) is 4.90 Å². The van der Waals surface area contributed by atoms with Crippen LogP contribution in [-0.2, 0) is 15.1 Å². The number of ether oxygens (including phenoxy) is 2. The van der Waals surface area contributed by atoms with Crippen LogP contribution < -0.4 is 9.64 Å². The molecule has 158 valence electrons. The Labute approximate surface area is 185 Å². The van der Waals surface area contributed by atoms with Crippen LogP contribution in [0.5, 0.6) is 5.75 Å².